The Morgan fingerprint density at radius 2 is 2.00 bits per heavy atom. The van der Waals surface area contributed by atoms with Crippen LogP contribution in [0, 0.1) is 13.8 Å². The maximum absolute atomic E-state index is 10.4. The third-order valence-electron chi connectivity index (χ3n) is 3.49. The summed E-state index contributed by atoms with van der Waals surface area (Å²) in [5, 5.41) is 8.52. The Hall–Kier alpha value is -1.05. The van der Waals surface area contributed by atoms with E-state index >= 15 is 0 Å². The first-order valence-electron chi connectivity index (χ1n) is 8.12. The van der Waals surface area contributed by atoms with Gasteiger partial charge in [0.1, 0.15) is 5.76 Å². The summed E-state index contributed by atoms with van der Waals surface area (Å²) in [6.45, 7) is 5.04. The van der Waals surface area contributed by atoms with Crippen molar-refractivity contribution >= 4 is 47.3 Å². The molecule has 1 aromatic carbocycles. The molecule has 1 aromatic heterocycles. The number of rotatable bonds is 10. The van der Waals surface area contributed by atoms with Crippen molar-refractivity contribution in [2.75, 3.05) is 24.7 Å². The summed E-state index contributed by atoms with van der Waals surface area (Å²) in [7, 11) is 0. The topological polar surface area (TPSA) is 72.6 Å². The summed E-state index contributed by atoms with van der Waals surface area (Å²) >= 11 is 1.36. The van der Waals surface area contributed by atoms with E-state index in [2.05, 4.69) is 4.98 Å². The predicted molar refractivity (Wildman–Crippen MR) is 107 cm³/mol. The van der Waals surface area contributed by atoms with Crippen LogP contribution in [0.2, 0.25) is 0 Å². The van der Waals surface area contributed by atoms with Gasteiger partial charge >= 0.3 is 35.5 Å². The molecule has 0 spiro atoms. The van der Waals surface area contributed by atoms with Crippen molar-refractivity contribution in [2.45, 2.75) is 20.3 Å². The van der Waals surface area contributed by atoms with Gasteiger partial charge in [-0.25, -0.2) is 4.98 Å². The van der Waals surface area contributed by atoms with E-state index in [1.807, 2.05) is 50.3 Å². The molecule has 2 rings (SSSR count). The number of ether oxygens (including phenoxy) is 1. The van der Waals surface area contributed by atoms with Crippen LogP contribution < -0.4 is 0 Å². The number of hydrogen-bond donors (Lipinski definition) is 1. The van der Waals surface area contributed by atoms with E-state index in [1.54, 1.807) is 0 Å². The van der Waals surface area contributed by atoms with Crippen LogP contribution in [0.5, 0.6) is 0 Å². The molecular weight excluding hydrogens is 361 g/mol. The van der Waals surface area contributed by atoms with Gasteiger partial charge in [0, 0.05) is 17.7 Å². The summed E-state index contributed by atoms with van der Waals surface area (Å²) in [6, 6.07) is 8.10. The second-order valence-electron chi connectivity index (χ2n) is 5.59. The number of oxazole rings is 1. The third kappa shape index (κ3) is 8.10. The SMILES string of the molecule is Cc1ccc(-c2nc(CCOC/C=C/CSCC(=O)O)c(C)o2)cc1.[NaH]. The maximum atomic E-state index is 10.4. The van der Waals surface area contributed by atoms with E-state index in [0.29, 0.717) is 31.3 Å². The molecule has 7 heteroatoms. The molecule has 2 aromatic rings. The average molecular weight is 385 g/mol. The van der Waals surface area contributed by atoms with Crippen LogP contribution in [0.25, 0.3) is 11.5 Å². The van der Waals surface area contributed by atoms with Crippen LogP contribution in [-0.2, 0) is 16.0 Å². The fourth-order valence-corrected chi connectivity index (χ4v) is 2.71. The zero-order chi connectivity index (χ0) is 18.1. The number of benzene rings is 1. The molecule has 0 aliphatic heterocycles. The number of carboxylic acid groups (broad SMARTS) is 1. The molecule has 0 fully saturated rings. The molecule has 1 N–H and O–H groups in total. The number of aliphatic carboxylic acids is 1. The first-order valence-corrected chi connectivity index (χ1v) is 9.27. The third-order valence-corrected chi connectivity index (χ3v) is 4.37. The monoisotopic (exact) mass is 385 g/mol. The van der Waals surface area contributed by atoms with Crippen LogP contribution in [0.1, 0.15) is 17.0 Å². The number of carbonyl (C=O) groups is 1. The van der Waals surface area contributed by atoms with Crippen LogP contribution in [0.4, 0.5) is 0 Å². The van der Waals surface area contributed by atoms with Crippen molar-refractivity contribution in [1.29, 1.82) is 0 Å². The molecule has 0 saturated heterocycles. The molecule has 0 aliphatic carbocycles. The number of carboxylic acids is 1. The van der Waals surface area contributed by atoms with Crippen molar-refractivity contribution in [1.82, 2.24) is 4.98 Å². The Morgan fingerprint density at radius 3 is 2.69 bits per heavy atom. The Kier molecular flexibility index (Phi) is 10.9. The number of aryl methyl sites for hydroxylation is 2. The number of aromatic nitrogens is 1. The van der Waals surface area contributed by atoms with Gasteiger partial charge in [-0.3, -0.25) is 4.79 Å². The van der Waals surface area contributed by atoms with Crippen LogP contribution in [0.3, 0.4) is 0 Å². The van der Waals surface area contributed by atoms with Crippen molar-refractivity contribution in [2.24, 2.45) is 0 Å². The molecule has 0 aliphatic rings. The first kappa shape index (κ1) is 23.0. The van der Waals surface area contributed by atoms with E-state index in [1.165, 1.54) is 17.3 Å². The van der Waals surface area contributed by atoms with Gasteiger partial charge in [-0.05, 0) is 26.0 Å². The molecule has 26 heavy (non-hydrogen) atoms. The second kappa shape index (κ2) is 12.4. The van der Waals surface area contributed by atoms with Crippen LogP contribution >= 0.6 is 11.8 Å². The Morgan fingerprint density at radius 1 is 1.27 bits per heavy atom. The molecule has 0 amide bonds. The molecule has 0 saturated carbocycles. The molecule has 0 bridgehead atoms. The predicted octanol–water partition coefficient (Wildman–Crippen LogP) is 3.24. The van der Waals surface area contributed by atoms with Gasteiger partial charge in [0.15, 0.2) is 0 Å². The van der Waals surface area contributed by atoms with Crippen molar-refractivity contribution in [3.8, 4) is 11.5 Å². The van der Waals surface area contributed by atoms with E-state index in [4.69, 9.17) is 14.3 Å². The van der Waals surface area contributed by atoms with E-state index in [9.17, 15) is 4.79 Å². The summed E-state index contributed by atoms with van der Waals surface area (Å²) in [5.74, 6) is 1.48. The van der Waals surface area contributed by atoms with Crippen molar-refractivity contribution in [3.05, 3.63) is 53.4 Å². The summed E-state index contributed by atoms with van der Waals surface area (Å²) in [6.07, 6.45) is 4.52. The Bertz CT molecular complexity index is 713. The number of thioether (sulfide) groups is 1. The van der Waals surface area contributed by atoms with Crippen molar-refractivity contribution in [3.63, 3.8) is 0 Å². The second-order valence-corrected chi connectivity index (χ2v) is 6.62. The number of hydrogen-bond acceptors (Lipinski definition) is 5. The molecule has 0 radical (unpaired) electrons. The number of nitrogens with zero attached hydrogens (tertiary/aromatic N) is 1. The van der Waals surface area contributed by atoms with Gasteiger partial charge in [0.05, 0.1) is 24.7 Å². The van der Waals surface area contributed by atoms with Gasteiger partial charge in [-0.1, -0.05) is 29.8 Å². The van der Waals surface area contributed by atoms with Gasteiger partial charge in [-0.2, -0.15) is 0 Å². The summed E-state index contributed by atoms with van der Waals surface area (Å²) < 4.78 is 11.3. The van der Waals surface area contributed by atoms with Crippen LogP contribution in [0.15, 0.2) is 40.8 Å². The molecule has 136 valence electrons. The summed E-state index contributed by atoms with van der Waals surface area (Å²) in [4.78, 5) is 14.9. The minimum atomic E-state index is -0.789. The molecular formula is C19H24NNaO4S. The Labute approximate surface area is 180 Å². The summed E-state index contributed by atoms with van der Waals surface area (Å²) in [5.41, 5.74) is 3.09. The molecule has 0 unspecified atom stereocenters. The quantitative estimate of drug-likeness (QED) is 0.385. The zero-order valence-electron chi connectivity index (χ0n) is 14.5. The van der Waals surface area contributed by atoms with Gasteiger partial charge in [0.25, 0.3) is 0 Å². The zero-order valence-corrected chi connectivity index (χ0v) is 15.3. The average Bonchev–Trinajstić information content (AvgIpc) is 2.94. The Balaban J connectivity index is 0.00000338. The first-order chi connectivity index (χ1) is 12.1. The van der Waals surface area contributed by atoms with Gasteiger partial charge < -0.3 is 14.3 Å². The fraction of sp³-hybridized carbons (Fsp3) is 0.368. The molecule has 0 atom stereocenters. The fourth-order valence-electron chi connectivity index (χ4n) is 2.15. The van der Waals surface area contributed by atoms with Gasteiger partial charge in [-0.15, -0.1) is 11.8 Å². The van der Waals surface area contributed by atoms with Crippen molar-refractivity contribution < 1.29 is 19.1 Å². The molecule has 5 nitrogen and oxygen atoms in total. The van der Waals surface area contributed by atoms with Gasteiger partial charge in [0.2, 0.25) is 5.89 Å². The van der Waals surface area contributed by atoms with Crippen LogP contribution in [-0.4, -0.2) is 70.3 Å². The van der Waals surface area contributed by atoms with E-state index < -0.39 is 5.97 Å². The van der Waals surface area contributed by atoms with E-state index in [-0.39, 0.29) is 35.3 Å². The standard InChI is InChI=1S/C19H23NO4S.Na.H/c1-14-5-7-16(8-6-14)19-20-17(15(2)24-19)9-11-23-10-3-4-12-25-13-18(21)22;;/h3-8H,9-13H2,1-2H3,(H,21,22);;/b4-3+;;. The normalized spacial score (nSPS) is 10.8. The minimum absolute atomic E-state index is 0. The van der Waals surface area contributed by atoms with E-state index in [0.717, 1.165) is 17.0 Å². The molecule has 1 heterocycles.